The van der Waals surface area contributed by atoms with Crippen molar-refractivity contribution in [3.05, 3.63) is 87.2 Å². The zero-order valence-electron chi connectivity index (χ0n) is 17.0. The number of nitrogens with one attached hydrogen (secondary N) is 1. The maximum absolute atomic E-state index is 13.5. The van der Waals surface area contributed by atoms with Gasteiger partial charge in [-0.05, 0) is 42.0 Å². The number of methoxy groups -OCH3 is 1. The van der Waals surface area contributed by atoms with Crippen LogP contribution in [0.15, 0.2) is 70.2 Å². The Balaban J connectivity index is 1.71. The van der Waals surface area contributed by atoms with E-state index in [-0.39, 0.29) is 28.7 Å². The Kier molecular flexibility index (Phi) is 6.45. The number of aromatic nitrogens is 1. The van der Waals surface area contributed by atoms with Crippen molar-refractivity contribution in [2.24, 2.45) is 4.40 Å². The largest absolute Gasteiger partial charge is 0.497 e. The normalized spacial score (nSPS) is 14.9. The molecular formula is C21H16ClFN4O4S2. The number of nitrogens with zero attached hydrogens (tertiary/aromatic N) is 3. The first-order chi connectivity index (χ1) is 15.8. The highest BCUT2D eigenvalue weighted by atomic mass is 35.5. The molecule has 0 saturated heterocycles. The highest BCUT2D eigenvalue weighted by Crippen LogP contribution is 2.27. The molecule has 0 fully saturated rings. The molecule has 1 N–H and O–H groups in total. The number of carbonyl (C=O) groups is 1. The van der Waals surface area contributed by atoms with Crippen LogP contribution in [-0.4, -0.2) is 36.4 Å². The molecule has 170 valence electrons. The molecule has 3 aromatic rings. The SMILES string of the molecule is COc1ccc(CN2C(C(=O)Nc3ccc(F)c(Cl)c3)=CC(c3nccs3)=NS2(=O)=O)cc1. The fourth-order valence-electron chi connectivity index (χ4n) is 2.99. The minimum atomic E-state index is -4.27. The monoisotopic (exact) mass is 506 g/mol. The minimum Gasteiger partial charge on any atom is -0.497 e. The lowest BCUT2D eigenvalue weighted by Gasteiger charge is -2.27. The predicted molar refractivity (Wildman–Crippen MR) is 124 cm³/mol. The highest BCUT2D eigenvalue weighted by molar-refractivity contribution is 7.88. The number of halogens is 2. The van der Waals surface area contributed by atoms with E-state index in [0.717, 1.165) is 10.4 Å². The van der Waals surface area contributed by atoms with Crippen LogP contribution in [0.4, 0.5) is 10.1 Å². The number of hydrogen-bond acceptors (Lipinski definition) is 6. The van der Waals surface area contributed by atoms with Gasteiger partial charge in [0.15, 0.2) is 0 Å². The zero-order valence-corrected chi connectivity index (χ0v) is 19.4. The molecule has 0 unspecified atom stereocenters. The molecule has 2 heterocycles. The molecule has 1 amide bonds. The van der Waals surface area contributed by atoms with Gasteiger partial charge in [0.25, 0.3) is 5.91 Å². The summed E-state index contributed by atoms with van der Waals surface area (Å²) in [5.41, 5.74) is 0.674. The first-order valence-electron chi connectivity index (χ1n) is 9.40. The van der Waals surface area contributed by atoms with Crippen LogP contribution in [0.5, 0.6) is 5.75 Å². The lowest BCUT2D eigenvalue weighted by molar-refractivity contribution is -0.113. The minimum absolute atomic E-state index is 0.0401. The van der Waals surface area contributed by atoms with Crippen LogP contribution in [-0.2, 0) is 21.5 Å². The molecule has 4 rings (SSSR count). The van der Waals surface area contributed by atoms with Gasteiger partial charge in [0.1, 0.15) is 28.0 Å². The third-order valence-electron chi connectivity index (χ3n) is 4.58. The van der Waals surface area contributed by atoms with E-state index in [4.69, 9.17) is 16.3 Å². The molecule has 2 aromatic carbocycles. The van der Waals surface area contributed by atoms with Crippen LogP contribution in [0.2, 0.25) is 5.02 Å². The molecule has 0 bridgehead atoms. The number of amides is 1. The molecule has 1 aliphatic heterocycles. The maximum Gasteiger partial charge on any atom is 0.345 e. The van der Waals surface area contributed by atoms with E-state index in [0.29, 0.717) is 16.3 Å². The fraction of sp³-hybridized carbons (Fsp3) is 0.0952. The van der Waals surface area contributed by atoms with Crippen LogP contribution >= 0.6 is 22.9 Å². The molecule has 0 spiro atoms. The van der Waals surface area contributed by atoms with Crippen molar-refractivity contribution in [3.8, 4) is 5.75 Å². The van der Waals surface area contributed by atoms with Crippen LogP contribution in [0.3, 0.4) is 0 Å². The van der Waals surface area contributed by atoms with Gasteiger partial charge >= 0.3 is 10.2 Å². The van der Waals surface area contributed by atoms with Gasteiger partial charge in [-0.2, -0.15) is 8.42 Å². The number of thiazole rings is 1. The van der Waals surface area contributed by atoms with Gasteiger partial charge in [0.05, 0.1) is 18.7 Å². The van der Waals surface area contributed by atoms with E-state index in [2.05, 4.69) is 14.7 Å². The Bertz CT molecular complexity index is 1360. The smallest absolute Gasteiger partial charge is 0.345 e. The van der Waals surface area contributed by atoms with Crippen molar-refractivity contribution in [2.75, 3.05) is 12.4 Å². The number of carbonyl (C=O) groups excluding carboxylic acids is 1. The average molecular weight is 507 g/mol. The van der Waals surface area contributed by atoms with Crippen molar-refractivity contribution in [2.45, 2.75) is 6.54 Å². The summed E-state index contributed by atoms with van der Waals surface area (Å²) < 4.78 is 49.5. The van der Waals surface area contributed by atoms with Crippen LogP contribution in [0.1, 0.15) is 10.6 Å². The van der Waals surface area contributed by atoms with Gasteiger partial charge in [-0.25, -0.2) is 13.7 Å². The van der Waals surface area contributed by atoms with E-state index >= 15 is 0 Å². The van der Waals surface area contributed by atoms with Gasteiger partial charge in [0.2, 0.25) is 0 Å². The summed E-state index contributed by atoms with van der Waals surface area (Å²) in [6, 6.07) is 10.4. The maximum atomic E-state index is 13.5. The number of rotatable bonds is 6. The van der Waals surface area contributed by atoms with Crippen LogP contribution in [0.25, 0.3) is 0 Å². The van der Waals surface area contributed by atoms with E-state index < -0.39 is 21.9 Å². The van der Waals surface area contributed by atoms with Gasteiger partial charge in [-0.3, -0.25) is 4.79 Å². The summed E-state index contributed by atoms with van der Waals surface area (Å²) in [6.07, 6.45) is 2.86. The van der Waals surface area contributed by atoms with E-state index in [1.54, 1.807) is 29.6 Å². The number of anilines is 1. The molecule has 0 aliphatic carbocycles. The molecule has 12 heteroatoms. The standard InChI is InChI=1S/C21H16ClFN4O4S2/c1-31-15-5-2-13(3-6-15)12-27-19(20(28)25-14-4-7-17(23)16(22)10-14)11-18(26-33(27,29)30)21-24-8-9-32-21/h2-11H,12H2,1H3,(H,25,28). The molecule has 0 atom stereocenters. The summed E-state index contributed by atoms with van der Waals surface area (Å²) in [6.45, 7) is -0.148. The van der Waals surface area contributed by atoms with Gasteiger partial charge in [-0.1, -0.05) is 23.7 Å². The summed E-state index contributed by atoms with van der Waals surface area (Å²) in [7, 11) is -2.75. The molecule has 8 nitrogen and oxygen atoms in total. The van der Waals surface area contributed by atoms with Crippen molar-refractivity contribution in [1.82, 2.24) is 9.29 Å². The Morgan fingerprint density at radius 3 is 2.64 bits per heavy atom. The van der Waals surface area contributed by atoms with Gasteiger partial charge in [-0.15, -0.1) is 15.7 Å². The first-order valence-corrected chi connectivity index (χ1v) is 12.1. The molecule has 1 aromatic heterocycles. The predicted octanol–water partition coefficient (Wildman–Crippen LogP) is 4.02. The second-order valence-electron chi connectivity index (χ2n) is 6.76. The number of hydrogen-bond donors (Lipinski definition) is 1. The van der Waals surface area contributed by atoms with E-state index in [1.165, 1.54) is 42.9 Å². The number of ether oxygens (including phenoxy) is 1. The second-order valence-corrected chi connectivity index (χ2v) is 9.58. The van der Waals surface area contributed by atoms with Crippen LogP contribution in [0, 0.1) is 5.82 Å². The quantitative estimate of drug-likeness (QED) is 0.544. The molecule has 0 saturated carbocycles. The van der Waals surface area contributed by atoms with E-state index in [9.17, 15) is 17.6 Å². The Hall–Kier alpha value is -3.28. The summed E-state index contributed by atoms with van der Waals surface area (Å²) in [5, 5.41) is 4.39. The Morgan fingerprint density at radius 1 is 1.24 bits per heavy atom. The lowest BCUT2D eigenvalue weighted by atomic mass is 10.2. The van der Waals surface area contributed by atoms with Gasteiger partial charge in [0, 0.05) is 17.3 Å². The van der Waals surface area contributed by atoms with Crippen molar-refractivity contribution in [3.63, 3.8) is 0 Å². The third-order valence-corrected chi connectivity index (χ3v) is 6.98. The summed E-state index contributed by atoms with van der Waals surface area (Å²) in [5.74, 6) is -0.779. The van der Waals surface area contributed by atoms with E-state index in [1.807, 2.05) is 0 Å². The lowest BCUT2D eigenvalue weighted by Crippen LogP contribution is -2.38. The van der Waals surface area contributed by atoms with Crippen LogP contribution < -0.4 is 10.1 Å². The Morgan fingerprint density at radius 2 is 2.00 bits per heavy atom. The fourth-order valence-corrected chi connectivity index (χ4v) is 5.01. The van der Waals surface area contributed by atoms with Crippen molar-refractivity contribution < 1.29 is 22.3 Å². The van der Waals surface area contributed by atoms with Crippen molar-refractivity contribution in [1.29, 1.82) is 0 Å². The third kappa shape index (κ3) is 5.05. The topological polar surface area (TPSA) is 101 Å². The highest BCUT2D eigenvalue weighted by Gasteiger charge is 2.34. The molecule has 1 aliphatic rings. The second kappa shape index (κ2) is 9.30. The number of allylic oxidation sites excluding steroid dienone is 1. The summed E-state index contributed by atoms with van der Waals surface area (Å²) >= 11 is 6.98. The average Bonchev–Trinajstić information content (AvgIpc) is 3.33. The molecule has 33 heavy (non-hydrogen) atoms. The Labute approximate surface area is 198 Å². The number of benzene rings is 2. The molecule has 0 radical (unpaired) electrons. The van der Waals surface area contributed by atoms with Crippen molar-refractivity contribution >= 4 is 50.5 Å². The van der Waals surface area contributed by atoms with Gasteiger partial charge < -0.3 is 10.1 Å². The molecular weight excluding hydrogens is 491 g/mol. The summed E-state index contributed by atoms with van der Waals surface area (Å²) in [4.78, 5) is 17.2. The zero-order chi connectivity index (χ0) is 23.6. The first kappa shape index (κ1) is 22.9.